The van der Waals surface area contributed by atoms with Gasteiger partial charge >= 0.3 is 12.4 Å². The van der Waals surface area contributed by atoms with E-state index in [1.807, 2.05) is 0 Å². The number of anilines is 1. The fourth-order valence-electron chi connectivity index (χ4n) is 4.52. The zero-order chi connectivity index (χ0) is 24.8. The average molecular weight is 516 g/mol. The Morgan fingerprint density at radius 2 is 1.76 bits per heavy atom. The summed E-state index contributed by atoms with van der Waals surface area (Å²) in [4.78, 5) is 41.7. The van der Waals surface area contributed by atoms with Gasteiger partial charge in [-0.2, -0.15) is 0 Å². The van der Waals surface area contributed by atoms with Crippen molar-refractivity contribution in [2.24, 2.45) is 5.92 Å². The summed E-state index contributed by atoms with van der Waals surface area (Å²) < 4.78 is 41.3. The number of urea groups is 1. The number of hydrogen-bond acceptors (Lipinski definition) is 4. The largest absolute Gasteiger partial charge is 0.573 e. The molecule has 180 valence electrons. The van der Waals surface area contributed by atoms with Crippen molar-refractivity contribution in [3.63, 3.8) is 0 Å². The highest BCUT2D eigenvalue weighted by atomic mass is 35.5. The first-order valence-corrected chi connectivity index (χ1v) is 10.9. The maximum Gasteiger partial charge on any atom is 0.573 e. The van der Waals surface area contributed by atoms with E-state index in [0.29, 0.717) is 5.56 Å². The van der Waals surface area contributed by atoms with E-state index < -0.39 is 35.5 Å². The van der Waals surface area contributed by atoms with Crippen molar-refractivity contribution in [2.75, 3.05) is 18.5 Å². The number of alkyl halides is 3. The van der Waals surface area contributed by atoms with Crippen molar-refractivity contribution in [1.82, 2.24) is 10.2 Å². The zero-order valence-corrected chi connectivity index (χ0v) is 19.2. The molecule has 0 unspecified atom stereocenters. The Morgan fingerprint density at radius 3 is 2.32 bits per heavy atom. The van der Waals surface area contributed by atoms with Crippen molar-refractivity contribution < 1.29 is 32.3 Å². The molecule has 2 aliphatic rings. The molecule has 2 saturated heterocycles. The van der Waals surface area contributed by atoms with Gasteiger partial charge in [-0.15, -0.1) is 13.2 Å². The van der Waals surface area contributed by atoms with Crippen LogP contribution in [0.2, 0.25) is 10.0 Å². The average Bonchev–Trinajstić information content (AvgIpc) is 3.21. The van der Waals surface area contributed by atoms with Crippen LogP contribution in [0.1, 0.15) is 12.0 Å². The van der Waals surface area contributed by atoms with Crippen molar-refractivity contribution >= 4 is 46.7 Å². The molecule has 0 saturated carbocycles. The van der Waals surface area contributed by atoms with E-state index in [9.17, 15) is 27.6 Å². The molecule has 0 spiro atoms. The Bertz CT molecular complexity index is 1140. The topological polar surface area (TPSA) is 79.0 Å². The first-order valence-electron chi connectivity index (χ1n) is 10.1. The van der Waals surface area contributed by atoms with Crippen molar-refractivity contribution in [2.45, 2.75) is 24.7 Å². The van der Waals surface area contributed by atoms with E-state index in [4.69, 9.17) is 23.2 Å². The van der Waals surface area contributed by atoms with Gasteiger partial charge in [0.15, 0.2) is 0 Å². The lowest BCUT2D eigenvalue weighted by atomic mass is 9.85. The molecule has 0 radical (unpaired) electrons. The van der Waals surface area contributed by atoms with E-state index in [1.165, 1.54) is 42.3 Å². The van der Waals surface area contributed by atoms with E-state index in [0.717, 1.165) is 17.0 Å². The molecule has 2 aromatic rings. The third-order valence-corrected chi connectivity index (χ3v) is 6.34. The normalized spacial score (nSPS) is 22.2. The monoisotopic (exact) mass is 515 g/mol. The lowest BCUT2D eigenvalue weighted by molar-refractivity contribution is -0.274. The van der Waals surface area contributed by atoms with Gasteiger partial charge in [-0.3, -0.25) is 9.59 Å². The second-order valence-electron chi connectivity index (χ2n) is 8.08. The molecule has 2 aromatic carbocycles. The Morgan fingerprint density at radius 1 is 1.15 bits per heavy atom. The number of amides is 4. The molecule has 0 aromatic heterocycles. The predicted octanol–water partition coefficient (Wildman–Crippen LogP) is 4.41. The molecular weight excluding hydrogens is 498 g/mol. The summed E-state index contributed by atoms with van der Waals surface area (Å²) in [5.74, 6) is -1.93. The van der Waals surface area contributed by atoms with Gasteiger partial charge in [0.2, 0.25) is 5.91 Å². The summed E-state index contributed by atoms with van der Waals surface area (Å²) in [6.45, 7) is 0.00428. The van der Waals surface area contributed by atoms with Crippen LogP contribution in [0.3, 0.4) is 0 Å². The van der Waals surface area contributed by atoms with Crippen LogP contribution >= 0.6 is 23.2 Å². The smallest absolute Gasteiger partial charge is 0.406 e. The molecule has 0 bridgehead atoms. The van der Waals surface area contributed by atoms with Gasteiger partial charge in [-0.25, -0.2) is 9.69 Å². The second kappa shape index (κ2) is 8.66. The van der Waals surface area contributed by atoms with Gasteiger partial charge in [0.05, 0.1) is 11.6 Å². The highest BCUT2D eigenvalue weighted by molar-refractivity contribution is 6.35. The number of halogens is 5. The summed E-state index contributed by atoms with van der Waals surface area (Å²) >= 11 is 12.1. The van der Waals surface area contributed by atoms with Crippen molar-refractivity contribution in [3.8, 4) is 5.75 Å². The van der Waals surface area contributed by atoms with Crippen LogP contribution in [-0.2, 0) is 16.0 Å². The van der Waals surface area contributed by atoms with E-state index in [1.54, 1.807) is 0 Å². The molecule has 4 rings (SSSR count). The number of rotatable bonds is 5. The Hall–Kier alpha value is -2.98. The summed E-state index contributed by atoms with van der Waals surface area (Å²) in [6, 6.07) is 8.72. The van der Waals surface area contributed by atoms with Crippen LogP contribution in [-0.4, -0.2) is 48.2 Å². The number of nitrogens with one attached hydrogen (secondary N) is 1. The summed E-state index contributed by atoms with van der Waals surface area (Å²) in [5.41, 5.74) is -0.731. The molecule has 4 amide bonds. The minimum Gasteiger partial charge on any atom is -0.406 e. The minimum atomic E-state index is -4.84. The predicted molar refractivity (Wildman–Crippen MR) is 118 cm³/mol. The molecule has 1 N–H and O–H groups in total. The van der Waals surface area contributed by atoms with E-state index in [-0.39, 0.29) is 41.0 Å². The number of hydrogen-bond donors (Lipinski definition) is 1. The first kappa shape index (κ1) is 24.2. The number of imide groups is 1. The third-order valence-electron chi connectivity index (χ3n) is 5.90. The lowest BCUT2D eigenvalue weighted by Crippen LogP contribution is -2.47. The fourth-order valence-corrected chi connectivity index (χ4v) is 5.04. The van der Waals surface area contributed by atoms with E-state index >= 15 is 0 Å². The molecule has 2 fully saturated rings. The van der Waals surface area contributed by atoms with Crippen molar-refractivity contribution in [1.29, 1.82) is 0 Å². The SMILES string of the molecule is CNC(=O)[C@H]1CN2C(=O)N(c3cc(Cl)cc(Cl)c3)C(=O)[C@]2(Cc2ccc(OC(F)(F)F)cc2)C1. The van der Waals surface area contributed by atoms with Crippen LogP contribution in [0.15, 0.2) is 42.5 Å². The molecule has 2 heterocycles. The number of carbonyl (C=O) groups is 3. The van der Waals surface area contributed by atoms with Crippen LogP contribution in [0.5, 0.6) is 5.75 Å². The summed E-state index contributed by atoms with van der Waals surface area (Å²) in [7, 11) is 1.46. The van der Waals surface area contributed by atoms with Gasteiger partial charge in [0.1, 0.15) is 11.3 Å². The number of benzene rings is 2. The fraction of sp³-hybridized carbons (Fsp3) is 0.318. The maximum absolute atomic E-state index is 13.7. The highest BCUT2D eigenvalue weighted by Crippen LogP contribution is 2.45. The van der Waals surface area contributed by atoms with Gasteiger partial charge in [0.25, 0.3) is 5.91 Å². The zero-order valence-electron chi connectivity index (χ0n) is 17.7. The third kappa shape index (κ3) is 4.39. The second-order valence-corrected chi connectivity index (χ2v) is 8.95. The van der Waals surface area contributed by atoms with Gasteiger partial charge in [-0.1, -0.05) is 35.3 Å². The number of nitrogens with zero attached hydrogens (tertiary/aromatic N) is 2. The molecule has 7 nitrogen and oxygen atoms in total. The quantitative estimate of drug-likeness (QED) is 0.598. The summed E-state index contributed by atoms with van der Waals surface area (Å²) in [6.07, 6.45) is -4.80. The molecule has 34 heavy (non-hydrogen) atoms. The molecule has 2 aliphatic heterocycles. The van der Waals surface area contributed by atoms with Gasteiger partial charge in [0, 0.05) is 30.1 Å². The Kier molecular flexibility index (Phi) is 6.15. The van der Waals surface area contributed by atoms with Crippen LogP contribution in [0.25, 0.3) is 0 Å². The molecule has 0 aliphatic carbocycles. The van der Waals surface area contributed by atoms with Crippen LogP contribution < -0.4 is 15.0 Å². The Balaban J connectivity index is 1.70. The number of ether oxygens (including phenoxy) is 1. The molecular formula is C22H18Cl2F3N3O4. The van der Waals surface area contributed by atoms with Gasteiger partial charge in [-0.05, 0) is 42.3 Å². The number of carbonyl (C=O) groups excluding carboxylic acids is 3. The van der Waals surface area contributed by atoms with Gasteiger partial charge < -0.3 is 15.0 Å². The first-order chi connectivity index (χ1) is 15.9. The maximum atomic E-state index is 13.7. The highest BCUT2D eigenvalue weighted by Gasteiger charge is 2.63. The molecule has 2 atom stereocenters. The molecule has 12 heteroatoms. The minimum absolute atomic E-state index is 0.00428. The lowest BCUT2D eigenvalue weighted by Gasteiger charge is -2.28. The van der Waals surface area contributed by atoms with Crippen LogP contribution in [0.4, 0.5) is 23.7 Å². The number of fused-ring (bicyclic) bond motifs is 1. The Labute approximate surface area is 202 Å². The van der Waals surface area contributed by atoms with Crippen LogP contribution in [0, 0.1) is 5.92 Å². The standard InChI is InChI=1S/C22H18Cl2F3N3O4/c1-28-18(31)13-10-21(9-12-2-4-17(5-3-12)34-22(25,26)27)19(32)30(20(33)29(21)11-13)16-7-14(23)6-15(24)8-16/h2-8,13H,9-11H2,1H3,(H,28,31)/t13-,21+/m1/s1. The van der Waals surface area contributed by atoms with E-state index in [2.05, 4.69) is 10.1 Å². The van der Waals surface area contributed by atoms with Crippen molar-refractivity contribution in [3.05, 3.63) is 58.1 Å². The summed E-state index contributed by atoms with van der Waals surface area (Å²) in [5, 5.41) is 2.99.